The summed E-state index contributed by atoms with van der Waals surface area (Å²) >= 11 is 0. The summed E-state index contributed by atoms with van der Waals surface area (Å²) in [6, 6.07) is -0.899. The van der Waals surface area contributed by atoms with E-state index in [2.05, 4.69) is 142 Å². The second-order valence-corrected chi connectivity index (χ2v) is 24.7. The lowest BCUT2D eigenvalue weighted by Crippen LogP contribution is -2.47. The van der Waals surface area contributed by atoms with E-state index in [1.54, 1.807) is 0 Å². The molecule has 0 aromatic rings. The van der Waals surface area contributed by atoms with Crippen LogP contribution >= 0.6 is 7.82 Å². The Morgan fingerprint density at radius 2 is 0.783 bits per heavy atom. The molecule has 0 spiro atoms. The largest absolute Gasteiger partial charge is 0.472 e. The van der Waals surface area contributed by atoms with Crippen molar-refractivity contribution in [1.29, 1.82) is 0 Å². The van der Waals surface area contributed by atoms with Crippen molar-refractivity contribution in [3.8, 4) is 0 Å². The van der Waals surface area contributed by atoms with E-state index in [-0.39, 0.29) is 37.9 Å². The van der Waals surface area contributed by atoms with Crippen molar-refractivity contribution in [3.63, 3.8) is 0 Å². The van der Waals surface area contributed by atoms with E-state index < -0.39 is 20.0 Å². The third-order valence-corrected chi connectivity index (χ3v) is 15.1. The number of phosphoric acid groups is 1. The highest BCUT2D eigenvalue weighted by Gasteiger charge is 2.30. The highest BCUT2D eigenvalue weighted by Crippen LogP contribution is 2.43. The van der Waals surface area contributed by atoms with Gasteiger partial charge in [0, 0.05) is 12.8 Å². The van der Waals surface area contributed by atoms with Gasteiger partial charge in [-0.15, -0.1) is 0 Å². The zero-order valence-electron chi connectivity index (χ0n) is 54.1. The van der Waals surface area contributed by atoms with Crippen molar-refractivity contribution in [3.05, 3.63) is 134 Å². The van der Waals surface area contributed by atoms with Crippen molar-refractivity contribution in [1.82, 2.24) is 5.32 Å². The number of quaternary nitrogens is 1. The number of ether oxygens (including phenoxy) is 1. The zero-order valence-corrected chi connectivity index (χ0v) is 55.0. The van der Waals surface area contributed by atoms with Gasteiger partial charge in [0.25, 0.3) is 0 Å². The van der Waals surface area contributed by atoms with Crippen LogP contribution in [0, 0.1) is 0 Å². The summed E-state index contributed by atoms with van der Waals surface area (Å²) in [7, 11) is 1.43. The molecule has 0 rings (SSSR count). The molecule has 9 nitrogen and oxygen atoms in total. The summed E-state index contributed by atoms with van der Waals surface area (Å²) < 4.78 is 30.7. The molecule has 10 heteroatoms. The van der Waals surface area contributed by atoms with E-state index in [0.29, 0.717) is 17.4 Å². The minimum atomic E-state index is -4.48. The Kier molecular flexibility index (Phi) is 58.4. The Bertz CT molecular complexity index is 1880. The Morgan fingerprint density at radius 3 is 1.20 bits per heavy atom. The van der Waals surface area contributed by atoms with Gasteiger partial charge in [-0.3, -0.25) is 18.6 Å². The van der Waals surface area contributed by atoms with Crippen LogP contribution in [0.1, 0.15) is 265 Å². The van der Waals surface area contributed by atoms with E-state index in [1.807, 2.05) is 39.4 Å². The Balaban J connectivity index is 5.17. The fraction of sp³-hybridized carbons (Fsp3) is 0.671. The first-order chi connectivity index (χ1) is 40.4. The molecular formula is C73H126N2O7P+. The molecule has 3 unspecified atom stereocenters. The standard InChI is InChI=1S/C73H125N2O7P/c1-7-10-13-16-19-22-25-27-29-31-33-34-35-36-37-38-39-40-42-44-46-48-51-54-57-60-63-66-73(77)82-71(64-61-58-55-52-49-24-21-18-15-12-9-3)70(69-81-83(78,79)80-68-67-75(4,5)6)74-72(76)65-62-59-56-53-50-47-45-43-41-32-30-28-26-23-20-17-14-11-8-2/h11,14,19-20,22-23,27-30,33-34,36-37,41,43,47,50,56,59,61,64,70-71H,7-10,12-13,15-18,21,24-26,31-32,35,38-40,42,44-46,48-49,51-55,57-58,60,62-63,65-69H2,1-6H3,(H-,74,76,78,79)/p+1/b14-11-,22-19-,23-20-,29-27-,30-28-,34-33-,37-36-,43-41-,50-47-,59-56-,64-61-. The molecule has 0 radical (unpaired) electrons. The van der Waals surface area contributed by atoms with Crippen LogP contribution < -0.4 is 5.32 Å². The predicted octanol–water partition coefficient (Wildman–Crippen LogP) is 21.2. The van der Waals surface area contributed by atoms with Crippen molar-refractivity contribution >= 4 is 19.7 Å². The monoisotopic (exact) mass is 1170 g/mol. The molecule has 0 saturated carbocycles. The number of hydrogen-bond acceptors (Lipinski definition) is 6. The number of carbonyl (C=O) groups is 2. The molecule has 0 aromatic heterocycles. The number of allylic oxidation sites excluding steroid dienone is 21. The topological polar surface area (TPSA) is 111 Å². The minimum absolute atomic E-state index is 0.0194. The lowest BCUT2D eigenvalue weighted by molar-refractivity contribution is -0.870. The van der Waals surface area contributed by atoms with Crippen molar-refractivity contribution in [2.45, 2.75) is 277 Å². The fourth-order valence-corrected chi connectivity index (χ4v) is 9.68. The van der Waals surface area contributed by atoms with Crippen molar-refractivity contribution in [2.24, 2.45) is 0 Å². The molecule has 474 valence electrons. The second kappa shape index (κ2) is 61.2. The van der Waals surface area contributed by atoms with Gasteiger partial charge in [-0.2, -0.15) is 0 Å². The lowest BCUT2D eigenvalue weighted by Gasteiger charge is -2.27. The molecule has 1 amide bonds. The third-order valence-electron chi connectivity index (χ3n) is 14.1. The van der Waals surface area contributed by atoms with Crippen LogP contribution in [0.5, 0.6) is 0 Å². The van der Waals surface area contributed by atoms with Crippen molar-refractivity contribution in [2.75, 3.05) is 40.9 Å². The zero-order chi connectivity index (χ0) is 60.7. The van der Waals surface area contributed by atoms with Gasteiger partial charge in [-0.1, -0.05) is 270 Å². The smallest absolute Gasteiger partial charge is 0.456 e. The quantitative estimate of drug-likeness (QED) is 0.0205. The van der Waals surface area contributed by atoms with Crippen LogP contribution in [0.2, 0.25) is 0 Å². The molecule has 0 heterocycles. The number of amides is 1. The normalized spacial score (nSPS) is 14.4. The summed E-state index contributed by atoms with van der Waals surface area (Å²) in [4.78, 5) is 37.7. The number of nitrogens with zero attached hydrogens (tertiary/aromatic N) is 1. The van der Waals surface area contributed by atoms with E-state index in [4.69, 9.17) is 13.8 Å². The number of likely N-dealkylation sites (N-methyl/N-ethyl adjacent to an activating group) is 1. The van der Waals surface area contributed by atoms with E-state index in [0.717, 1.165) is 103 Å². The molecule has 0 saturated heterocycles. The SMILES string of the molecule is CC/C=C\C/C=C\C/C=C\C/C=C\C/C=C\C/C=C\CCC(=O)NC(COP(=O)(O)OCC[N+](C)(C)C)C(/C=C\CCCCCCCCCCC)OC(=O)CCCCCCCCCCCCC/C=C\C/C=C\C/C=C\C/C=C\CCCCC. The van der Waals surface area contributed by atoms with Gasteiger partial charge in [0.15, 0.2) is 0 Å². The van der Waals surface area contributed by atoms with Crippen LogP contribution in [0.15, 0.2) is 134 Å². The maximum absolute atomic E-state index is 13.5. The molecule has 2 N–H and O–H groups in total. The molecule has 3 atom stereocenters. The maximum atomic E-state index is 13.5. The van der Waals surface area contributed by atoms with Gasteiger partial charge in [-0.25, -0.2) is 4.57 Å². The van der Waals surface area contributed by atoms with Gasteiger partial charge < -0.3 is 19.4 Å². The first kappa shape index (κ1) is 79.2. The lowest BCUT2D eigenvalue weighted by atomic mass is 10.0. The first-order valence-electron chi connectivity index (χ1n) is 33.5. The number of nitrogens with one attached hydrogen (secondary N) is 1. The number of unbranched alkanes of at least 4 members (excludes halogenated alkanes) is 23. The van der Waals surface area contributed by atoms with Crippen LogP contribution in [-0.2, 0) is 27.9 Å². The average Bonchev–Trinajstić information content (AvgIpc) is 3.52. The number of phosphoric ester groups is 1. The van der Waals surface area contributed by atoms with Crippen LogP contribution in [0.4, 0.5) is 0 Å². The molecule has 83 heavy (non-hydrogen) atoms. The van der Waals surface area contributed by atoms with E-state index >= 15 is 0 Å². The van der Waals surface area contributed by atoms with Gasteiger partial charge in [-0.05, 0) is 115 Å². The minimum Gasteiger partial charge on any atom is -0.456 e. The van der Waals surface area contributed by atoms with Gasteiger partial charge in [0.2, 0.25) is 5.91 Å². The summed E-state index contributed by atoms with van der Waals surface area (Å²) in [5.74, 6) is -0.613. The highest BCUT2D eigenvalue weighted by atomic mass is 31.2. The number of rotatable bonds is 59. The Hall–Kier alpha value is -3.85. The molecule has 0 fully saturated rings. The summed E-state index contributed by atoms with van der Waals surface area (Å²) in [6.45, 7) is 6.80. The highest BCUT2D eigenvalue weighted by molar-refractivity contribution is 7.47. The second-order valence-electron chi connectivity index (χ2n) is 23.3. The summed E-state index contributed by atoms with van der Waals surface area (Å²) in [5.41, 5.74) is 0. The molecule has 0 aromatic carbocycles. The molecule has 0 bridgehead atoms. The fourth-order valence-electron chi connectivity index (χ4n) is 8.95. The van der Waals surface area contributed by atoms with E-state index in [9.17, 15) is 19.0 Å². The molecule has 0 aliphatic carbocycles. The van der Waals surface area contributed by atoms with Crippen molar-refractivity contribution < 1.29 is 37.3 Å². The maximum Gasteiger partial charge on any atom is 0.472 e. The van der Waals surface area contributed by atoms with Gasteiger partial charge >= 0.3 is 13.8 Å². The summed E-state index contributed by atoms with van der Waals surface area (Å²) in [6.07, 6.45) is 87.7. The number of carbonyl (C=O) groups excluding carboxylic acids is 2. The van der Waals surface area contributed by atoms with Crippen LogP contribution in [0.3, 0.4) is 0 Å². The Labute approximate surface area is 511 Å². The molecule has 0 aliphatic rings. The van der Waals surface area contributed by atoms with Gasteiger partial charge in [0.05, 0.1) is 33.8 Å². The first-order valence-corrected chi connectivity index (χ1v) is 35.0. The Morgan fingerprint density at radius 1 is 0.434 bits per heavy atom. The van der Waals surface area contributed by atoms with Gasteiger partial charge in [0.1, 0.15) is 19.3 Å². The number of esters is 1. The van der Waals surface area contributed by atoms with Crippen LogP contribution in [0.25, 0.3) is 0 Å². The summed E-state index contributed by atoms with van der Waals surface area (Å²) in [5, 5.41) is 3.01. The van der Waals surface area contributed by atoms with E-state index in [1.165, 1.54) is 122 Å². The third kappa shape index (κ3) is 62.5. The predicted molar refractivity (Wildman–Crippen MR) is 359 cm³/mol. The average molecular weight is 1170 g/mol. The number of hydrogen-bond donors (Lipinski definition) is 2. The molecule has 0 aliphatic heterocycles. The van der Waals surface area contributed by atoms with Crippen LogP contribution in [-0.4, -0.2) is 74.3 Å². The molecular weight excluding hydrogens is 1050 g/mol.